The summed E-state index contributed by atoms with van der Waals surface area (Å²) in [5, 5.41) is 3.00. The molecule has 0 bridgehead atoms. The third-order valence-corrected chi connectivity index (χ3v) is 4.41. The molecule has 0 amide bonds. The Labute approximate surface area is 144 Å². The smallest absolute Gasteiger partial charge is 0.144 e. The van der Waals surface area contributed by atoms with Crippen LogP contribution in [0, 0.1) is 12.8 Å². The zero-order valence-electron chi connectivity index (χ0n) is 14.5. The van der Waals surface area contributed by atoms with Crippen LogP contribution >= 0.6 is 0 Å². The molecule has 1 aromatic heterocycles. The molecule has 24 heavy (non-hydrogen) atoms. The molecule has 1 atom stereocenters. The van der Waals surface area contributed by atoms with Gasteiger partial charge in [0.15, 0.2) is 0 Å². The van der Waals surface area contributed by atoms with Gasteiger partial charge in [0.2, 0.25) is 0 Å². The third-order valence-electron chi connectivity index (χ3n) is 4.41. The first kappa shape index (κ1) is 16.9. The van der Waals surface area contributed by atoms with Crippen LogP contribution in [-0.4, -0.2) is 48.2 Å². The average molecular weight is 326 g/mol. The van der Waals surface area contributed by atoms with E-state index in [2.05, 4.69) is 51.4 Å². The Balaban J connectivity index is 1.60. The van der Waals surface area contributed by atoms with Gasteiger partial charge in [0.1, 0.15) is 5.82 Å². The number of nitrogens with zero attached hydrogens (tertiary/aromatic N) is 3. The summed E-state index contributed by atoms with van der Waals surface area (Å²) in [7, 11) is 1.85. The van der Waals surface area contributed by atoms with Gasteiger partial charge in [0.25, 0.3) is 0 Å². The van der Waals surface area contributed by atoms with E-state index in [4.69, 9.17) is 4.74 Å². The zero-order chi connectivity index (χ0) is 16.8. The molecule has 1 unspecified atom stereocenters. The maximum absolute atomic E-state index is 5.81. The minimum atomic E-state index is 0.452. The van der Waals surface area contributed by atoms with Crippen molar-refractivity contribution in [2.75, 3.05) is 38.7 Å². The molecular weight excluding hydrogens is 300 g/mol. The monoisotopic (exact) mass is 326 g/mol. The van der Waals surface area contributed by atoms with Gasteiger partial charge in [-0.1, -0.05) is 29.8 Å². The van der Waals surface area contributed by atoms with Crippen molar-refractivity contribution in [2.45, 2.75) is 19.9 Å². The van der Waals surface area contributed by atoms with Crippen molar-refractivity contribution in [2.24, 2.45) is 5.92 Å². The van der Waals surface area contributed by atoms with Crippen LogP contribution in [0.2, 0.25) is 0 Å². The maximum Gasteiger partial charge on any atom is 0.144 e. The zero-order valence-corrected chi connectivity index (χ0v) is 14.5. The number of hydrogen-bond donors (Lipinski definition) is 1. The Hall–Kier alpha value is -1.98. The van der Waals surface area contributed by atoms with Gasteiger partial charge in [0, 0.05) is 32.6 Å². The summed E-state index contributed by atoms with van der Waals surface area (Å²) < 4.78 is 5.81. The Morgan fingerprint density at radius 2 is 2.04 bits per heavy atom. The molecule has 1 fully saturated rings. The van der Waals surface area contributed by atoms with Crippen molar-refractivity contribution in [1.82, 2.24) is 14.9 Å². The van der Waals surface area contributed by atoms with E-state index in [1.54, 1.807) is 6.20 Å². The summed E-state index contributed by atoms with van der Waals surface area (Å²) in [6.07, 6.45) is 4.55. The highest BCUT2D eigenvalue weighted by molar-refractivity contribution is 5.29. The fraction of sp³-hybridized carbons (Fsp3) is 0.474. The van der Waals surface area contributed by atoms with Crippen LogP contribution in [-0.2, 0) is 17.7 Å². The van der Waals surface area contributed by atoms with Crippen molar-refractivity contribution < 1.29 is 4.74 Å². The minimum Gasteiger partial charge on any atom is -0.380 e. The molecule has 0 aliphatic carbocycles. The molecule has 2 aromatic rings. The summed E-state index contributed by atoms with van der Waals surface area (Å²) >= 11 is 0. The molecule has 1 N–H and O–H groups in total. The summed E-state index contributed by atoms with van der Waals surface area (Å²) in [6, 6.07) is 8.80. The van der Waals surface area contributed by atoms with Gasteiger partial charge >= 0.3 is 0 Å². The van der Waals surface area contributed by atoms with Crippen molar-refractivity contribution >= 4 is 5.82 Å². The van der Waals surface area contributed by atoms with Crippen molar-refractivity contribution in [3.8, 4) is 0 Å². The van der Waals surface area contributed by atoms with Gasteiger partial charge < -0.3 is 10.1 Å². The Kier molecular flexibility index (Phi) is 5.77. The highest BCUT2D eigenvalue weighted by atomic mass is 16.5. The summed E-state index contributed by atoms with van der Waals surface area (Å²) in [6.45, 7) is 6.70. The minimum absolute atomic E-state index is 0.452. The molecule has 1 aliphatic heterocycles. The highest BCUT2D eigenvalue weighted by Gasteiger charge is 2.20. The first-order valence-electron chi connectivity index (χ1n) is 8.57. The summed E-state index contributed by atoms with van der Waals surface area (Å²) in [4.78, 5) is 11.3. The lowest BCUT2D eigenvalue weighted by Gasteiger charge is -2.23. The van der Waals surface area contributed by atoms with Gasteiger partial charge in [-0.15, -0.1) is 0 Å². The van der Waals surface area contributed by atoms with E-state index in [-0.39, 0.29) is 0 Å². The van der Waals surface area contributed by atoms with E-state index in [0.717, 1.165) is 50.8 Å². The van der Waals surface area contributed by atoms with Crippen molar-refractivity contribution in [1.29, 1.82) is 0 Å². The quantitative estimate of drug-likeness (QED) is 0.915. The number of aromatic nitrogens is 2. The first-order valence-corrected chi connectivity index (χ1v) is 8.57. The van der Waals surface area contributed by atoms with Gasteiger partial charge in [-0.25, -0.2) is 4.98 Å². The van der Waals surface area contributed by atoms with Gasteiger partial charge in [0.05, 0.1) is 31.3 Å². The average Bonchev–Trinajstić information content (AvgIpc) is 2.83. The van der Waals surface area contributed by atoms with E-state index in [1.165, 1.54) is 11.1 Å². The second-order valence-electron chi connectivity index (χ2n) is 6.51. The molecule has 5 heteroatoms. The standard InChI is InChI=1S/C19H26N4O/c1-15-3-5-16(6-4-15)12-23-7-8-24-14-17(13-23)9-18-10-22-19(20-2)11-21-18/h3-6,10-11,17H,7-9,12-14H2,1-2H3,(H,20,22). The van der Waals surface area contributed by atoms with Crippen LogP contribution in [0.15, 0.2) is 36.7 Å². The SMILES string of the molecule is CNc1cnc(CC2COCCN(Cc3ccc(C)cc3)C2)cn1. The fourth-order valence-corrected chi connectivity index (χ4v) is 3.06. The van der Waals surface area contributed by atoms with Crippen LogP contribution < -0.4 is 5.32 Å². The number of aryl methyl sites for hydroxylation is 1. The third kappa shape index (κ3) is 4.76. The van der Waals surface area contributed by atoms with E-state index in [1.807, 2.05) is 13.2 Å². The number of nitrogens with one attached hydrogen (secondary N) is 1. The van der Waals surface area contributed by atoms with E-state index in [0.29, 0.717) is 5.92 Å². The lowest BCUT2D eigenvalue weighted by Crippen LogP contribution is -2.30. The Morgan fingerprint density at radius 1 is 1.21 bits per heavy atom. The van der Waals surface area contributed by atoms with Gasteiger partial charge in [-0.05, 0) is 18.9 Å². The van der Waals surface area contributed by atoms with Crippen LogP contribution in [0.3, 0.4) is 0 Å². The maximum atomic E-state index is 5.81. The molecule has 0 spiro atoms. The molecule has 1 aromatic carbocycles. The predicted molar refractivity (Wildman–Crippen MR) is 96.0 cm³/mol. The first-order chi connectivity index (χ1) is 11.7. The largest absolute Gasteiger partial charge is 0.380 e. The molecule has 128 valence electrons. The molecule has 2 heterocycles. The summed E-state index contributed by atoms with van der Waals surface area (Å²) in [5.74, 6) is 1.25. The number of ether oxygens (including phenoxy) is 1. The second kappa shape index (κ2) is 8.22. The summed E-state index contributed by atoms with van der Waals surface area (Å²) in [5.41, 5.74) is 3.69. The van der Waals surface area contributed by atoms with Crippen LogP contribution in [0.4, 0.5) is 5.82 Å². The molecule has 1 aliphatic rings. The lowest BCUT2D eigenvalue weighted by molar-refractivity contribution is 0.121. The lowest BCUT2D eigenvalue weighted by atomic mass is 10.0. The normalized spacial score (nSPS) is 19.0. The van der Waals surface area contributed by atoms with E-state index >= 15 is 0 Å². The molecule has 1 saturated heterocycles. The molecule has 0 radical (unpaired) electrons. The van der Waals surface area contributed by atoms with Crippen molar-refractivity contribution in [3.05, 3.63) is 53.5 Å². The molecular formula is C19H26N4O. The highest BCUT2D eigenvalue weighted by Crippen LogP contribution is 2.15. The second-order valence-corrected chi connectivity index (χ2v) is 6.51. The van der Waals surface area contributed by atoms with Crippen LogP contribution in [0.5, 0.6) is 0 Å². The predicted octanol–water partition coefficient (Wildman–Crippen LogP) is 2.52. The molecule has 5 nitrogen and oxygen atoms in total. The number of rotatable bonds is 5. The Morgan fingerprint density at radius 3 is 2.75 bits per heavy atom. The van der Waals surface area contributed by atoms with Crippen molar-refractivity contribution in [3.63, 3.8) is 0 Å². The Bertz CT molecular complexity index is 627. The topological polar surface area (TPSA) is 50.3 Å². The number of hydrogen-bond acceptors (Lipinski definition) is 5. The molecule has 3 rings (SSSR count). The van der Waals surface area contributed by atoms with Crippen LogP contribution in [0.25, 0.3) is 0 Å². The van der Waals surface area contributed by atoms with Crippen LogP contribution in [0.1, 0.15) is 16.8 Å². The van der Waals surface area contributed by atoms with Gasteiger partial charge in [-0.2, -0.15) is 0 Å². The van der Waals surface area contributed by atoms with E-state index in [9.17, 15) is 0 Å². The number of benzene rings is 1. The fourth-order valence-electron chi connectivity index (χ4n) is 3.06. The van der Waals surface area contributed by atoms with Gasteiger partial charge in [-0.3, -0.25) is 9.88 Å². The number of anilines is 1. The van der Waals surface area contributed by atoms with E-state index < -0.39 is 0 Å². The molecule has 0 saturated carbocycles.